The summed E-state index contributed by atoms with van der Waals surface area (Å²) in [5.41, 5.74) is 3.96. The number of benzene rings is 1. The summed E-state index contributed by atoms with van der Waals surface area (Å²) in [5, 5.41) is 3.47. The highest BCUT2D eigenvalue weighted by molar-refractivity contribution is 5.95. The van der Waals surface area contributed by atoms with Crippen LogP contribution in [0.15, 0.2) is 30.6 Å². The fraction of sp³-hybridized carbons (Fsp3) is 0.565. The highest BCUT2D eigenvalue weighted by atomic mass is 16.2. The summed E-state index contributed by atoms with van der Waals surface area (Å²) in [6.07, 6.45) is 10.8. The zero-order chi connectivity index (χ0) is 19.1. The Balaban J connectivity index is 1.44. The van der Waals surface area contributed by atoms with Crippen LogP contribution in [0.1, 0.15) is 59.9 Å². The summed E-state index contributed by atoms with van der Waals surface area (Å²) in [5.74, 6) is 1.17. The molecule has 2 aromatic rings. The van der Waals surface area contributed by atoms with Crippen molar-refractivity contribution in [2.75, 3.05) is 13.1 Å². The number of hydrogen-bond acceptors (Lipinski definition) is 3. The van der Waals surface area contributed by atoms with E-state index in [0.29, 0.717) is 18.0 Å². The molecule has 0 unspecified atom stereocenters. The van der Waals surface area contributed by atoms with Gasteiger partial charge in [0.25, 0.3) is 5.91 Å². The van der Waals surface area contributed by atoms with Crippen LogP contribution in [0.4, 0.5) is 0 Å². The standard InChI is InChI=1S/C23H30N4O/c1-2-26-13-12-25-21(26)16-27(20-15-23(20)8-10-24-11-9-23)22(28)19-7-6-17-4-3-5-18(17)14-19/h6-7,12-14,20,24H,2-5,8-11,15-16H2,1H3/t20-/m0/s1. The van der Waals surface area contributed by atoms with Crippen LogP contribution in [0.25, 0.3) is 0 Å². The van der Waals surface area contributed by atoms with Gasteiger partial charge in [-0.05, 0) is 87.2 Å². The normalized spacial score (nSPS) is 22.2. The third-order valence-corrected chi connectivity index (χ3v) is 7.18. The van der Waals surface area contributed by atoms with Crippen LogP contribution in [0.5, 0.6) is 0 Å². The molecule has 2 fully saturated rings. The van der Waals surface area contributed by atoms with E-state index in [4.69, 9.17) is 0 Å². The number of rotatable bonds is 5. The third-order valence-electron chi connectivity index (χ3n) is 7.18. The summed E-state index contributed by atoms with van der Waals surface area (Å²) < 4.78 is 2.15. The molecule has 148 valence electrons. The predicted molar refractivity (Wildman–Crippen MR) is 109 cm³/mol. The number of imidazole rings is 1. The molecule has 0 radical (unpaired) electrons. The summed E-state index contributed by atoms with van der Waals surface area (Å²) in [6.45, 7) is 5.76. The van der Waals surface area contributed by atoms with E-state index in [2.05, 4.69) is 38.8 Å². The Morgan fingerprint density at radius 2 is 2.11 bits per heavy atom. The number of carbonyl (C=O) groups excluding carboxylic acids is 1. The van der Waals surface area contributed by atoms with Crippen LogP contribution >= 0.6 is 0 Å². The molecule has 1 aromatic heterocycles. The molecule has 2 aliphatic carbocycles. The van der Waals surface area contributed by atoms with Gasteiger partial charge in [-0.3, -0.25) is 4.79 Å². The van der Waals surface area contributed by atoms with Gasteiger partial charge in [0.2, 0.25) is 0 Å². The molecule has 1 aromatic carbocycles. The largest absolute Gasteiger partial charge is 0.334 e. The maximum absolute atomic E-state index is 13.7. The number of hydrogen-bond donors (Lipinski definition) is 1. The van der Waals surface area contributed by atoms with Gasteiger partial charge < -0.3 is 14.8 Å². The molecule has 1 N–H and O–H groups in total. The van der Waals surface area contributed by atoms with E-state index in [1.807, 2.05) is 18.5 Å². The van der Waals surface area contributed by atoms with Gasteiger partial charge >= 0.3 is 0 Å². The first kappa shape index (κ1) is 17.9. The van der Waals surface area contributed by atoms with Crippen LogP contribution in [-0.2, 0) is 25.9 Å². The lowest BCUT2D eigenvalue weighted by Crippen LogP contribution is -2.39. The molecule has 1 spiro atoms. The van der Waals surface area contributed by atoms with E-state index < -0.39 is 0 Å². The molecule has 1 saturated heterocycles. The van der Waals surface area contributed by atoms with Gasteiger partial charge in [-0.2, -0.15) is 0 Å². The van der Waals surface area contributed by atoms with E-state index >= 15 is 0 Å². The molecule has 5 heteroatoms. The molecule has 1 aliphatic heterocycles. The van der Waals surface area contributed by atoms with E-state index in [-0.39, 0.29) is 5.91 Å². The van der Waals surface area contributed by atoms with Crippen LogP contribution in [0.2, 0.25) is 0 Å². The lowest BCUT2D eigenvalue weighted by molar-refractivity contribution is 0.0685. The maximum Gasteiger partial charge on any atom is 0.254 e. The highest BCUT2D eigenvalue weighted by Gasteiger charge is 2.58. The molecule has 1 amide bonds. The van der Waals surface area contributed by atoms with Gasteiger partial charge in [0.15, 0.2) is 0 Å². The minimum absolute atomic E-state index is 0.181. The van der Waals surface area contributed by atoms with Gasteiger partial charge in [0, 0.05) is 30.5 Å². The van der Waals surface area contributed by atoms with Gasteiger partial charge in [0.05, 0.1) is 6.54 Å². The second kappa shape index (κ2) is 7.03. The van der Waals surface area contributed by atoms with Crippen LogP contribution in [0.3, 0.4) is 0 Å². The molecular formula is C23H30N4O. The second-order valence-electron chi connectivity index (χ2n) is 8.73. The molecular weight excluding hydrogens is 348 g/mol. The Labute approximate surface area is 167 Å². The van der Waals surface area contributed by atoms with Crippen molar-refractivity contribution in [3.8, 4) is 0 Å². The van der Waals surface area contributed by atoms with Gasteiger partial charge in [-0.25, -0.2) is 4.98 Å². The Hall–Kier alpha value is -2.14. The van der Waals surface area contributed by atoms with Crippen LogP contribution in [-0.4, -0.2) is 39.5 Å². The average Bonchev–Trinajstić information content (AvgIpc) is 3.09. The zero-order valence-corrected chi connectivity index (χ0v) is 16.8. The van der Waals surface area contributed by atoms with Crippen molar-refractivity contribution >= 4 is 5.91 Å². The molecule has 2 heterocycles. The number of piperidine rings is 1. The smallest absolute Gasteiger partial charge is 0.254 e. The van der Waals surface area contributed by atoms with Gasteiger partial charge in [-0.1, -0.05) is 6.07 Å². The quantitative estimate of drug-likeness (QED) is 0.869. The summed E-state index contributed by atoms with van der Waals surface area (Å²) in [6, 6.07) is 6.72. The molecule has 5 nitrogen and oxygen atoms in total. The van der Waals surface area contributed by atoms with Crippen molar-refractivity contribution in [1.82, 2.24) is 19.8 Å². The first-order chi connectivity index (χ1) is 13.7. The number of fused-ring (bicyclic) bond motifs is 1. The highest BCUT2D eigenvalue weighted by Crippen LogP contribution is 2.56. The topological polar surface area (TPSA) is 50.2 Å². The molecule has 0 bridgehead atoms. The molecule has 28 heavy (non-hydrogen) atoms. The monoisotopic (exact) mass is 378 g/mol. The van der Waals surface area contributed by atoms with Gasteiger partial charge in [-0.15, -0.1) is 0 Å². The zero-order valence-electron chi connectivity index (χ0n) is 16.8. The second-order valence-corrected chi connectivity index (χ2v) is 8.73. The molecule has 1 atom stereocenters. The summed E-state index contributed by atoms with van der Waals surface area (Å²) in [4.78, 5) is 20.3. The summed E-state index contributed by atoms with van der Waals surface area (Å²) in [7, 11) is 0. The lowest BCUT2D eigenvalue weighted by atomic mass is 9.93. The first-order valence-electron chi connectivity index (χ1n) is 10.8. The van der Waals surface area contributed by atoms with Crippen molar-refractivity contribution in [3.05, 3.63) is 53.1 Å². The number of nitrogens with one attached hydrogen (secondary N) is 1. The number of amides is 1. The van der Waals surface area contributed by atoms with Gasteiger partial charge in [0.1, 0.15) is 5.82 Å². The number of nitrogens with zero attached hydrogens (tertiary/aromatic N) is 3. The SMILES string of the molecule is CCn1ccnc1CN(C(=O)c1ccc2c(c1)CCC2)[C@H]1CC12CCNCC2. The number of aryl methyl sites for hydroxylation is 3. The Morgan fingerprint density at radius 3 is 2.93 bits per heavy atom. The molecule has 3 aliphatic rings. The number of carbonyl (C=O) groups is 1. The third kappa shape index (κ3) is 3.06. The Kier molecular flexibility index (Phi) is 4.50. The minimum atomic E-state index is 0.181. The number of aromatic nitrogens is 2. The van der Waals surface area contributed by atoms with Crippen molar-refractivity contribution in [1.29, 1.82) is 0 Å². The van der Waals surface area contributed by atoms with Crippen molar-refractivity contribution in [2.45, 2.75) is 64.6 Å². The summed E-state index contributed by atoms with van der Waals surface area (Å²) >= 11 is 0. The lowest BCUT2D eigenvalue weighted by Gasteiger charge is -2.30. The van der Waals surface area contributed by atoms with E-state index in [0.717, 1.165) is 50.3 Å². The van der Waals surface area contributed by atoms with Crippen molar-refractivity contribution < 1.29 is 4.79 Å². The minimum Gasteiger partial charge on any atom is -0.334 e. The van der Waals surface area contributed by atoms with Crippen LogP contribution < -0.4 is 5.32 Å². The van der Waals surface area contributed by atoms with Crippen molar-refractivity contribution in [3.63, 3.8) is 0 Å². The van der Waals surface area contributed by atoms with E-state index in [9.17, 15) is 4.79 Å². The maximum atomic E-state index is 13.7. The predicted octanol–water partition coefficient (Wildman–Crippen LogP) is 3.18. The first-order valence-corrected chi connectivity index (χ1v) is 10.8. The Bertz CT molecular complexity index is 880. The Morgan fingerprint density at radius 1 is 1.29 bits per heavy atom. The molecule has 1 saturated carbocycles. The fourth-order valence-electron chi connectivity index (χ4n) is 5.36. The van der Waals surface area contributed by atoms with E-state index in [1.165, 1.54) is 30.4 Å². The average molecular weight is 379 g/mol. The van der Waals surface area contributed by atoms with E-state index in [1.54, 1.807) is 0 Å². The van der Waals surface area contributed by atoms with Crippen LogP contribution in [0, 0.1) is 5.41 Å². The fourth-order valence-corrected chi connectivity index (χ4v) is 5.36. The molecule has 5 rings (SSSR count). The van der Waals surface area contributed by atoms with Crippen molar-refractivity contribution in [2.24, 2.45) is 5.41 Å².